The molecular formula is C18H21NO. The highest BCUT2D eigenvalue weighted by Crippen LogP contribution is 2.22. The molecule has 104 valence electrons. The molecule has 0 aliphatic heterocycles. The first kappa shape index (κ1) is 13.3. The van der Waals surface area contributed by atoms with Crippen molar-refractivity contribution < 1.29 is 5.11 Å². The second-order valence-electron chi connectivity index (χ2n) is 5.71. The van der Waals surface area contributed by atoms with Gasteiger partial charge in [0, 0.05) is 12.6 Å². The van der Waals surface area contributed by atoms with E-state index < -0.39 is 6.10 Å². The summed E-state index contributed by atoms with van der Waals surface area (Å²) in [5.41, 5.74) is 5.06. The lowest BCUT2D eigenvalue weighted by atomic mass is 10.1. The van der Waals surface area contributed by atoms with Crippen LogP contribution in [0, 0.1) is 6.92 Å². The maximum absolute atomic E-state index is 10.3. The first-order valence-corrected chi connectivity index (χ1v) is 7.27. The van der Waals surface area contributed by atoms with Crippen LogP contribution in [0.4, 0.5) is 0 Å². The SMILES string of the molecule is Cc1cccc(C(O)CNC2Cc3ccccc3C2)c1. The van der Waals surface area contributed by atoms with Crippen LogP contribution in [0.2, 0.25) is 0 Å². The quantitative estimate of drug-likeness (QED) is 0.893. The zero-order valence-corrected chi connectivity index (χ0v) is 11.8. The third-order valence-corrected chi connectivity index (χ3v) is 4.08. The van der Waals surface area contributed by atoms with Crippen LogP contribution in [0.25, 0.3) is 0 Å². The summed E-state index contributed by atoms with van der Waals surface area (Å²) < 4.78 is 0. The van der Waals surface area contributed by atoms with E-state index in [0.29, 0.717) is 12.6 Å². The van der Waals surface area contributed by atoms with Gasteiger partial charge in [0.2, 0.25) is 0 Å². The van der Waals surface area contributed by atoms with Gasteiger partial charge in [0.05, 0.1) is 6.10 Å². The first-order valence-electron chi connectivity index (χ1n) is 7.27. The summed E-state index contributed by atoms with van der Waals surface area (Å²) in [5, 5.41) is 13.8. The molecule has 0 saturated carbocycles. The lowest BCUT2D eigenvalue weighted by Gasteiger charge is -2.16. The van der Waals surface area contributed by atoms with Gasteiger partial charge >= 0.3 is 0 Å². The Morgan fingerprint density at radius 1 is 1.10 bits per heavy atom. The fourth-order valence-electron chi connectivity index (χ4n) is 2.98. The van der Waals surface area contributed by atoms with Gasteiger partial charge < -0.3 is 10.4 Å². The van der Waals surface area contributed by atoms with Crippen LogP contribution >= 0.6 is 0 Å². The highest BCUT2D eigenvalue weighted by atomic mass is 16.3. The number of aliphatic hydroxyl groups excluding tert-OH is 1. The Kier molecular flexibility index (Phi) is 3.86. The second kappa shape index (κ2) is 5.78. The van der Waals surface area contributed by atoms with E-state index >= 15 is 0 Å². The van der Waals surface area contributed by atoms with Gasteiger partial charge in [0.1, 0.15) is 0 Å². The Morgan fingerprint density at radius 3 is 2.45 bits per heavy atom. The molecule has 0 fully saturated rings. The minimum Gasteiger partial charge on any atom is -0.387 e. The minimum absolute atomic E-state index is 0.432. The molecule has 0 amide bonds. The normalized spacial score (nSPS) is 16.1. The number of benzene rings is 2. The van der Waals surface area contributed by atoms with Crippen LogP contribution < -0.4 is 5.32 Å². The highest BCUT2D eigenvalue weighted by Gasteiger charge is 2.21. The Morgan fingerprint density at radius 2 is 1.80 bits per heavy atom. The van der Waals surface area contributed by atoms with Gasteiger partial charge in [-0.05, 0) is 36.5 Å². The molecule has 0 saturated heterocycles. The van der Waals surface area contributed by atoms with E-state index in [9.17, 15) is 5.11 Å². The van der Waals surface area contributed by atoms with Crippen LogP contribution in [-0.2, 0) is 12.8 Å². The van der Waals surface area contributed by atoms with Crippen molar-refractivity contribution in [3.63, 3.8) is 0 Å². The molecule has 0 radical (unpaired) electrons. The number of nitrogens with one attached hydrogen (secondary N) is 1. The summed E-state index contributed by atoms with van der Waals surface area (Å²) in [7, 11) is 0. The van der Waals surface area contributed by atoms with E-state index in [0.717, 1.165) is 18.4 Å². The Balaban J connectivity index is 1.56. The molecular weight excluding hydrogens is 246 g/mol. The standard InChI is InChI=1S/C18H21NO/c1-13-5-4-8-16(9-13)18(20)12-19-17-10-14-6-2-3-7-15(14)11-17/h2-9,17-20H,10-12H2,1H3. The summed E-state index contributed by atoms with van der Waals surface area (Å²) in [6.45, 7) is 2.67. The van der Waals surface area contributed by atoms with Crippen LogP contribution in [0.5, 0.6) is 0 Å². The predicted molar refractivity (Wildman–Crippen MR) is 81.8 cm³/mol. The van der Waals surface area contributed by atoms with Crippen molar-refractivity contribution >= 4 is 0 Å². The minimum atomic E-state index is -0.432. The van der Waals surface area contributed by atoms with E-state index in [2.05, 4.69) is 48.6 Å². The molecule has 1 aliphatic rings. The molecule has 20 heavy (non-hydrogen) atoms. The van der Waals surface area contributed by atoms with Gasteiger partial charge in [0.15, 0.2) is 0 Å². The van der Waals surface area contributed by atoms with Crippen molar-refractivity contribution in [1.29, 1.82) is 0 Å². The average molecular weight is 267 g/mol. The van der Waals surface area contributed by atoms with Crippen LogP contribution in [0.1, 0.15) is 28.4 Å². The van der Waals surface area contributed by atoms with Crippen molar-refractivity contribution in [2.75, 3.05) is 6.54 Å². The van der Waals surface area contributed by atoms with Crippen LogP contribution in [-0.4, -0.2) is 17.7 Å². The van der Waals surface area contributed by atoms with E-state index in [1.54, 1.807) is 0 Å². The molecule has 1 unspecified atom stereocenters. The summed E-state index contributed by atoms with van der Waals surface area (Å²) in [6.07, 6.45) is 1.70. The number of hydrogen-bond donors (Lipinski definition) is 2. The molecule has 2 heteroatoms. The zero-order chi connectivity index (χ0) is 13.9. The van der Waals surface area contributed by atoms with Crippen molar-refractivity contribution in [2.45, 2.75) is 31.9 Å². The lowest BCUT2D eigenvalue weighted by molar-refractivity contribution is 0.170. The summed E-state index contributed by atoms with van der Waals surface area (Å²) >= 11 is 0. The third kappa shape index (κ3) is 2.92. The fourth-order valence-corrected chi connectivity index (χ4v) is 2.98. The average Bonchev–Trinajstić information content (AvgIpc) is 2.87. The predicted octanol–water partition coefficient (Wildman–Crippen LogP) is 2.79. The summed E-state index contributed by atoms with van der Waals surface area (Å²) in [5.74, 6) is 0. The number of rotatable bonds is 4. The van der Waals surface area contributed by atoms with E-state index in [-0.39, 0.29) is 0 Å². The molecule has 3 rings (SSSR count). The van der Waals surface area contributed by atoms with Crippen molar-refractivity contribution in [1.82, 2.24) is 5.32 Å². The summed E-state index contributed by atoms with van der Waals surface area (Å²) in [6, 6.07) is 17.1. The third-order valence-electron chi connectivity index (χ3n) is 4.08. The van der Waals surface area contributed by atoms with Gasteiger partial charge in [0.25, 0.3) is 0 Å². The summed E-state index contributed by atoms with van der Waals surface area (Å²) in [4.78, 5) is 0. The number of hydrogen-bond acceptors (Lipinski definition) is 2. The van der Waals surface area contributed by atoms with Crippen molar-refractivity contribution in [2.24, 2.45) is 0 Å². The first-order chi connectivity index (χ1) is 9.72. The molecule has 0 bridgehead atoms. The molecule has 1 aliphatic carbocycles. The van der Waals surface area contributed by atoms with Gasteiger partial charge in [-0.15, -0.1) is 0 Å². The van der Waals surface area contributed by atoms with Gasteiger partial charge in [-0.1, -0.05) is 54.1 Å². The number of fused-ring (bicyclic) bond motifs is 1. The van der Waals surface area contributed by atoms with Crippen LogP contribution in [0.3, 0.4) is 0 Å². The molecule has 2 aromatic rings. The van der Waals surface area contributed by atoms with Crippen molar-refractivity contribution in [3.8, 4) is 0 Å². The lowest BCUT2D eigenvalue weighted by Crippen LogP contribution is -2.33. The highest BCUT2D eigenvalue weighted by molar-refractivity contribution is 5.33. The largest absolute Gasteiger partial charge is 0.387 e. The number of aliphatic hydroxyl groups is 1. The molecule has 0 spiro atoms. The van der Waals surface area contributed by atoms with Crippen LogP contribution in [0.15, 0.2) is 48.5 Å². The van der Waals surface area contributed by atoms with Gasteiger partial charge in [-0.2, -0.15) is 0 Å². The topological polar surface area (TPSA) is 32.3 Å². The molecule has 0 aromatic heterocycles. The molecule has 0 heterocycles. The van der Waals surface area contributed by atoms with E-state index in [4.69, 9.17) is 0 Å². The smallest absolute Gasteiger partial charge is 0.0914 e. The fraction of sp³-hybridized carbons (Fsp3) is 0.333. The molecule has 2 aromatic carbocycles. The van der Waals surface area contributed by atoms with Gasteiger partial charge in [-0.25, -0.2) is 0 Å². The zero-order valence-electron chi connectivity index (χ0n) is 11.8. The maximum Gasteiger partial charge on any atom is 0.0914 e. The monoisotopic (exact) mass is 267 g/mol. The Labute approximate surface area is 120 Å². The second-order valence-corrected chi connectivity index (χ2v) is 5.71. The molecule has 2 N–H and O–H groups in total. The van der Waals surface area contributed by atoms with E-state index in [1.807, 2.05) is 12.1 Å². The van der Waals surface area contributed by atoms with E-state index in [1.165, 1.54) is 16.7 Å². The van der Waals surface area contributed by atoms with Gasteiger partial charge in [-0.3, -0.25) is 0 Å². The van der Waals surface area contributed by atoms with Crippen molar-refractivity contribution in [3.05, 3.63) is 70.8 Å². The number of aryl methyl sites for hydroxylation is 1. The Hall–Kier alpha value is -1.64. The Bertz CT molecular complexity index is 568. The maximum atomic E-state index is 10.3. The molecule has 2 nitrogen and oxygen atoms in total. The molecule has 1 atom stereocenters.